The average molecular weight is 334 g/mol. The Bertz CT molecular complexity index is 931. The first-order valence-corrected chi connectivity index (χ1v) is 7.71. The van der Waals surface area contributed by atoms with Crippen LogP contribution in [0.15, 0.2) is 67.0 Å². The number of amides is 1. The van der Waals surface area contributed by atoms with Crippen molar-refractivity contribution in [3.63, 3.8) is 0 Å². The highest BCUT2D eigenvalue weighted by Crippen LogP contribution is 2.31. The molecule has 0 bridgehead atoms. The van der Waals surface area contributed by atoms with Crippen LogP contribution in [0.25, 0.3) is 5.69 Å². The lowest BCUT2D eigenvalue weighted by atomic mass is 10.2. The van der Waals surface area contributed by atoms with E-state index in [4.69, 9.17) is 9.47 Å². The van der Waals surface area contributed by atoms with Gasteiger partial charge in [0.1, 0.15) is 11.5 Å². The van der Waals surface area contributed by atoms with Gasteiger partial charge in [-0.05, 0) is 48.5 Å². The summed E-state index contributed by atoms with van der Waals surface area (Å²) < 4.78 is 12.6. The van der Waals surface area contributed by atoms with Crippen LogP contribution in [-0.4, -0.2) is 23.1 Å². The Morgan fingerprint density at radius 3 is 2.60 bits per heavy atom. The number of nitrogens with zero attached hydrogens (tertiary/aromatic N) is 1. The zero-order valence-corrected chi connectivity index (χ0v) is 13.1. The Hall–Kier alpha value is -3.54. The van der Waals surface area contributed by atoms with E-state index in [9.17, 15) is 9.59 Å². The van der Waals surface area contributed by atoms with Crippen molar-refractivity contribution in [2.45, 2.75) is 0 Å². The van der Waals surface area contributed by atoms with Crippen molar-refractivity contribution in [1.29, 1.82) is 0 Å². The molecule has 25 heavy (non-hydrogen) atoms. The second-order valence-corrected chi connectivity index (χ2v) is 5.52. The molecule has 0 saturated heterocycles. The molecule has 1 aliphatic heterocycles. The molecule has 1 N–H and O–H groups in total. The molecule has 2 heterocycles. The number of carbonyl (C=O) groups is 2. The third kappa shape index (κ3) is 3.10. The van der Waals surface area contributed by atoms with E-state index in [1.165, 1.54) is 0 Å². The van der Waals surface area contributed by atoms with Gasteiger partial charge in [0.15, 0.2) is 6.61 Å². The normalized spacial score (nSPS) is 12.7. The fourth-order valence-electron chi connectivity index (χ4n) is 2.57. The molecule has 0 fully saturated rings. The summed E-state index contributed by atoms with van der Waals surface area (Å²) in [5.74, 6) is 0.179. The average Bonchev–Trinajstić information content (AvgIpc) is 3.16. The minimum Gasteiger partial charge on any atom is -0.482 e. The van der Waals surface area contributed by atoms with Crippen molar-refractivity contribution >= 4 is 17.6 Å². The minimum absolute atomic E-state index is 0.0140. The summed E-state index contributed by atoms with van der Waals surface area (Å²) in [6.07, 6.45) is 3.85. The standard InChI is InChI=1S/C19H14N2O4/c22-18-12-24-17-8-7-15(11-16(17)20-18)25-19(23)13-3-5-14(6-4-13)21-9-1-2-10-21/h1-11H,12H2,(H,20,22). The topological polar surface area (TPSA) is 69.6 Å². The number of hydrogen-bond donors (Lipinski definition) is 1. The summed E-state index contributed by atoms with van der Waals surface area (Å²) in [7, 11) is 0. The van der Waals surface area contributed by atoms with Gasteiger partial charge < -0.3 is 19.4 Å². The van der Waals surface area contributed by atoms with Crippen LogP contribution in [0, 0.1) is 0 Å². The lowest BCUT2D eigenvalue weighted by Crippen LogP contribution is -2.25. The van der Waals surface area contributed by atoms with E-state index in [-0.39, 0.29) is 12.5 Å². The monoisotopic (exact) mass is 334 g/mol. The molecule has 124 valence electrons. The summed E-state index contributed by atoms with van der Waals surface area (Å²) >= 11 is 0. The SMILES string of the molecule is O=C1COc2ccc(OC(=O)c3ccc(-n4cccc4)cc3)cc2N1. The minimum atomic E-state index is -0.470. The molecule has 1 aliphatic rings. The van der Waals surface area contributed by atoms with Gasteiger partial charge in [0.2, 0.25) is 0 Å². The van der Waals surface area contributed by atoms with Crippen LogP contribution < -0.4 is 14.8 Å². The Kier molecular flexibility index (Phi) is 3.70. The second-order valence-electron chi connectivity index (χ2n) is 5.52. The molecule has 0 radical (unpaired) electrons. The highest BCUT2D eigenvalue weighted by Gasteiger charge is 2.17. The zero-order chi connectivity index (χ0) is 17.2. The predicted octanol–water partition coefficient (Wildman–Crippen LogP) is 3.03. The highest BCUT2D eigenvalue weighted by molar-refractivity contribution is 5.96. The van der Waals surface area contributed by atoms with Crippen LogP contribution >= 0.6 is 0 Å². The molecule has 4 rings (SSSR count). The lowest BCUT2D eigenvalue weighted by molar-refractivity contribution is -0.118. The first-order chi connectivity index (χ1) is 12.2. The van der Waals surface area contributed by atoms with Crippen LogP contribution in [0.4, 0.5) is 5.69 Å². The van der Waals surface area contributed by atoms with Crippen molar-refractivity contribution < 1.29 is 19.1 Å². The van der Waals surface area contributed by atoms with E-state index < -0.39 is 5.97 Å². The van der Waals surface area contributed by atoms with Gasteiger partial charge >= 0.3 is 5.97 Å². The highest BCUT2D eigenvalue weighted by atomic mass is 16.5. The van der Waals surface area contributed by atoms with Gasteiger partial charge in [-0.3, -0.25) is 4.79 Å². The van der Waals surface area contributed by atoms with E-state index >= 15 is 0 Å². The molecular weight excluding hydrogens is 320 g/mol. The number of rotatable bonds is 3. The number of ether oxygens (including phenoxy) is 2. The fourth-order valence-corrected chi connectivity index (χ4v) is 2.57. The quantitative estimate of drug-likeness (QED) is 0.590. The fraction of sp³-hybridized carbons (Fsp3) is 0.0526. The number of anilines is 1. The van der Waals surface area contributed by atoms with E-state index in [1.54, 1.807) is 30.3 Å². The number of aromatic nitrogens is 1. The summed E-state index contributed by atoms with van der Waals surface area (Å²) in [5, 5.41) is 2.68. The van der Waals surface area contributed by atoms with Crippen LogP contribution in [0.2, 0.25) is 0 Å². The smallest absolute Gasteiger partial charge is 0.343 e. The summed E-state index contributed by atoms with van der Waals surface area (Å²) in [6, 6.07) is 15.8. The molecule has 0 unspecified atom stereocenters. The molecular formula is C19H14N2O4. The van der Waals surface area contributed by atoms with Crippen LogP contribution in [0.1, 0.15) is 10.4 Å². The predicted molar refractivity (Wildman–Crippen MR) is 91.3 cm³/mol. The van der Waals surface area contributed by atoms with Gasteiger partial charge in [0.05, 0.1) is 11.3 Å². The van der Waals surface area contributed by atoms with E-state index in [1.807, 2.05) is 41.2 Å². The van der Waals surface area contributed by atoms with E-state index in [0.717, 1.165) is 5.69 Å². The zero-order valence-electron chi connectivity index (χ0n) is 13.1. The lowest BCUT2D eigenvalue weighted by Gasteiger charge is -2.18. The number of carbonyl (C=O) groups excluding carboxylic acids is 2. The van der Waals surface area contributed by atoms with Crippen LogP contribution in [-0.2, 0) is 4.79 Å². The van der Waals surface area contributed by atoms with Crippen LogP contribution in [0.5, 0.6) is 11.5 Å². The Morgan fingerprint density at radius 1 is 1.08 bits per heavy atom. The van der Waals surface area contributed by atoms with Gasteiger partial charge in [-0.2, -0.15) is 0 Å². The van der Waals surface area contributed by atoms with Gasteiger partial charge in [-0.25, -0.2) is 4.79 Å². The maximum atomic E-state index is 12.3. The summed E-state index contributed by atoms with van der Waals surface area (Å²) in [6.45, 7) is -0.0140. The number of nitrogens with one attached hydrogen (secondary N) is 1. The Balaban J connectivity index is 1.50. The number of hydrogen-bond acceptors (Lipinski definition) is 4. The second kappa shape index (κ2) is 6.16. The summed E-state index contributed by atoms with van der Waals surface area (Å²) in [5.41, 5.74) is 1.88. The van der Waals surface area contributed by atoms with E-state index in [2.05, 4.69) is 5.32 Å². The number of benzene rings is 2. The third-order valence-electron chi connectivity index (χ3n) is 3.80. The van der Waals surface area contributed by atoms with Gasteiger partial charge in [0.25, 0.3) is 5.91 Å². The molecule has 6 nitrogen and oxygen atoms in total. The first-order valence-electron chi connectivity index (χ1n) is 7.71. The molecule has 0 spiro atoms. The molecule has 1 aromatic heterocycles. The van der Waals surface area contributed by atoms with E-state index in [0.29, 0.717) is 22.7 Å². The van der Waals surface area contributed by atoms with Crippen molar-refractivity contribution in [1.82, 2.24) is 4.57 Å². The van der Waals surface area contributed by atoms with Gasteiger partial charge in [-0.15, -0.1) is 0 Å². The first kappa shape index (κ1) is 15.0. The van der Waals surface area contributed by atoms with Crippen molar-refractivity contribution in [3.05, 3.63) is 72.6 Å². The molecule has 1 amide bonds. The molecule has 6 heteroatoms. The molecule has 0 aliphatic carbocycles. The van der Waals surface area contributed by atoms with Crippen LogP contribution in [0.3, 0.4) is 0 Å². The largest absolute Gasteiger partial charge is 0.482 e. The molecule has 3 aromatic rings. The molecule has 0 saturated carbocycles. The number of fused-ring (bicyclic) bond motifs is 1. The van der Waals surface area contributed by atoms with Crippen molar-refractivity contribution in [2.75, 3.05) is 11.9 Å². The molecule has 2 aromatic carbocycles. The van der Waals surface area contributed by atoms with Gasteiger partial charge in [-0.1, -0.05) is 0 Å². The molecule has 0 atom stereocenters. The van der Waals surface area contributed by atoms with Gasteiger partial charge in [0, 0.05) is 24.1 Å². The number of esters is 1. The maximum Gasteiger partial charge on any atom is 0.343 e. The third-order valence-corrected chi connectivity index (χ3v) is 3.80. The maximum absolute atomic E-state index is 12.3. The summed E-state index contributed by atoms with van der Waals surface area (Å²) in [4.78, 5) is 23.7. The van der Waals surface area contributed by atoms with Crippen molar-refractivity contribution in [2.24, 2.45) is 0 Å². The van der Waals surface area contributed by atoms with Crippen molar-refractivity contribution in [3.8, 4) is 17.2 Å². The Morgan fingerprint density at radius 2 is 1.84 bits per heavy atom. The Labute approximate surface area is 143 Å².